The summed E-state index contributed by atoms with van der Waals surface area (Å²) in [5.41, 5.74) is 0. The maximum atomic E-state index is 12.0. The first-order chi connectivity index (χ1) is 7.90. The molecule has 0 aliphatic rings. The lowest BCUT2D eigenvalue weighted by atomic mass is 10.2. The summed E-state index contributed by atoms with van der Waals surface area (Å²) < 4.78 is 40.9. The molecule has 0 radical (unpaired) electrons. The van der Waals surface area contributed by atoms with Crippen LogP contribution in [0.1, 0.15) is 32.0 Å². The van der Waals surface area contributed by atoms with E-state index < -0.39 is 12.6 Å². The van der Waals surface area contributed by atoms with Gasteiger partial charge in [0.05, 0.1) is 0 Å². The first kappa shape index (κ1) is 14.0. The van der Waals surface area contributed by atoms with E-state index in [0.29, 0.717) is 6.42 Å². The average molecular weight is 251 g/mol. The van der Waals surface area contributed by atoms with Crippen molar-refractivity contribution in [3.63, 3.8) is 0 Å². The Morgan fingerprint density at radius 1 is 1.41 bits per heavy atom. The zero-order valence-corrected chi connectivity index (χ0v) is 9.84. The predicted molar refractivity (Wildman–Crippen MR) is 55.5 cm³/mol. The maximum Gasteiger partial charge on any atom is 0.396 e. The monoisotopic (exact) mass is 251 g/mol. The van der Waals surface area contributed by atoms with Gasteiger partial charge in [0, 0.05) is 12.5 Å². The summed E-state index contributed by atoms with van der Waals surface area (Å²) in [6.07, 6.45) is -4.02. The fourth-order valence-electron chi connectivity index (χ4n) is 1.35. The molecule has 0 aliphatic carbocycles. The quantitative estimate of drug-likeness (QED) is 0.841. The molecule has 1 aromatic rings. The van der Waals surface area contributed by atoms with Gasteiger partial charge in [0.25, 0.3) is 0 Å². The highest BCUT2D eigenvalue weighted by molar-refractivity contribution is 4.90. The van der Waals surface area contributed by atoms with Crippen molar-refractivity contribution in [2.45, 2.75) is 45.3 Å². The van der Waals surface area contributed by atoms with Crippen molar-refractivity contribution in [1.82, 2.24) is 15.5 Å². The Labute approximate surface area is 97.6 Å². The fraction of sp³-hybridized carbons (Fsp3) is 0.800. The molecule has 1 unspecified atom stereocenters. The van der Waals surface area contributed by atoms with Crippen LogP contribution in [0.25, 0.3) is 0 Å². The van der Waals surface area contributed by atoms with Crippen molar-refractivity contribution in [3.8, 4) is 0 Å². The largest absolute Gasteiger partial charge is 0.396 e. The second-order valence-electron chi connectivity index (χ2n) is 3.96. The zero-order valence-electron chi connectivity index (χ0n) is 9.84. The van der Waals surface area contributed by atoms with Crippen LogP contribution in [0.15, 0.2) is 4.52 Å². The lowest BCUT2D eigenvalue weighted by Crippen LogP contribution is -2.28. The molecule has 0 saturated heterocycles. The fourth-order valence-corrected chi connectivity index (χ4v) is 1.35. The number of aromatic nitrogens is 2. The van der Waals surface area contributed by atoms with Crippen molar-refractivity contribution >= 4 is 0 Å². The molecular formula is C10H16F3N3O. The minimum Gasteiger partial charge on any atom is -0.339 e. The van der Waals surface area contributed by atoms with Crippen molar-refractivity contribution < 1.29 is 17.7 Å². The first-order valence-corrected chi connectivity index (χ1v) is 5.52. The highest BCUT2D eigenvalue weighted by Crippen LogP contribution is 2.19. The third kappa shape index (κ3) is 5.67. The molecular weight excluding hydrogens is 235 g/mol. The Morgan fingerprint density at radius 3 is 2.71 bits per heavy atom. The van der Waals surface area contributed by atoms with Gasteiger partial charge in [-0.05, 0) is 19.9 Å². The summed E-state index contributed by atoms with van der Waals surface area (Å²) >= 11 is 0. The van der Waals surface area contributed by atoms with Crippen LogP contribution in [0.5, 0.6) is 0 Å². The average Bonchev–Trinajstić information content (AvgIpc) is 2.59. The van der Waals surface area contributed by atoms with Gasteiger partial charge < -0.3 is 9.84 Å². The molecule has 0 spiro atoms. The molecule has 0 fully saturated rings. The molecule has 0 aliphatic heterocycles. The topological polar surface area (TPSA) is 51.0 Å². The number of rotatable bonds is 6. The van der Waals surface area contributed by atoms with Gasteiger partial charge in [0.1, 0.15) is 6.42 Å². The second-order valence-corrected chi connectivity index (χ2v) is 3.96. The summed E-state index contributed by atoms with van der Waals surface area (Å²) in [5, 5.41) is 6.49. The number of nitrogens with zero attached hydrogens (tertiary/aromatic N) is 2. The van der Waals surface area contributed by atoms with Gasteiger partial charge in [0.2, 0.25) is 5.89 Å². The van der Waals surface area contributed by atoms with Gasteiger partial charge in [0.15, 0.2) is 5.82 Å². The van der Waals surface area contributed by atoms with Gasteiger partial charge >= 0.3 is 6.18 Å². The Hall–Kier alpha value is -1.11. The molecule has 1 atom stereocenters. The van der Waals surface area contributed by atoms with Crippen LogP contribution in [0.4, 0.5) is 13.2 Å². The van der Waals surface area contributed by atoms with E-state index in [1.54, 1.807) is 0 Å². The first-order valence-electron chi connectivity index (χ1n) is 5.52. The molecule has 1 rings (SSSR count). The summed E-state index contributed by atoms with van der Waals surface area (Å²) in [6.45, 7) is 4.81. The van der Waals surface area contributed by atoms with Crippen molar-refractivity contribution in [1.29, 1.82) is 0 Å². The van der Waals surface area contributed by atoms with E-state index >= 15 is 0 Å². The zero-order chi connectivity index (χ0) is 12.9. The van der Waals surface area contributed by atoms with E-state index in [0.717, 1.165) is 13.0 Å². The van der Waals surface area contributed by atoms with Gasteiger partial charge in [-0.1, -0.05) is 12.1 Å². The summed E-state index contributed by atoms with van der Waals surface area (Å²) in [7, 11) is 0. The Morgan fingerprint density at radius 2 is 2.12 bits per heavy atom. The number of nitrogens with one attached hydrogen (secondary N) is 1. The molecule has 0 aromatic carbocycles. The number of hydrogen-bond acceptors (Lipinski definition) is 4. The smallest absolute Gasteiger partial charge is 0.339 e. The highest BCUT2D eigenvalue weighted by atomic mass is 19.4. The third-order valence-electron chi connectivity index (χ3n) is 2.09. The van der Waals surface area contributed by atoms with Gasteiger partial charge in [-0.25, -0.2) is 0 Å². The standard InChI is InChI=1S/C10H16F3N3O/c1-3-4-14-7(2)5-9-15-8(16-17-9)6-10(11,12)13/h7,14H,3-6H2,1-2H3. The predicted octanol–water partition coefficient (Wildman–Crippen LogP) is 2.10. The molecule has 98 valence electrons. The normalized spacial score (nSPS) is 13.9. The van der Waals surface area contributed by atoms with Crippen LogP contribution >= 0.6 is 0 Å². The number of hydrogen-bond donors (Lipinski definition) is 1. The van der Waals surface area contributed by atoms with E-state index in [1.807, 2.05) is 13.8 Å². The Kier molecular flexibility index (Phi) is 4.92. The highest BCUT2D eigenvalue weighted by Gasteiger charge is 2.30. The molecule has 1 heterocycles. The van der Waals surface area contributed by atoms with E-state index in [4.69, 9.17) is 4.52 Å². The molecule has 7 heteroatoms. The molecule has 1 aromatic heterocycles. The van der Waals surface area contributed by atoms with Gasteiger partial charge in [-0.15, -0.1) is 0 Å². The van der Waals surface area contributed by atoms with Crippen LogP contribution in [0.3, 0.4) is 0 Å². The Bertz CT molecular complexity index is 338. The van der Waals surface area contributed by atoms with Crippen molar-refractivity contribution in [3.05, 3.63) is 11.7 Å². The van der Waals surface area contributed by atoms with Crippen molar-refractivity contribution in [2.75, 3.05) is 6.54 Å². The molecule has 0 amide bonds. The van der Waals surface area contributed by atoms with Crippen molar-refractivity contribution in [2.24, 2.45) is 0 Å². The van der Waals surface area contributed by atoms with Crippen LogP contribution in [-0.4, -0.2) is 28.9 Å². The lowest BCUT2D eigenvalue weighted by Gasteiger charge is -2.09. The molecule has 0 saturated carbocycles. The summed E-state index contributed by atoms with van der Waals surface area (Å²) in [5.74, 6) is -0.0736. The molecule has 17 heavy (non-hydrogen) atoms. The minimum absolute atomic E-state index is 0.106. The van der Waals surface area contributed by atoms with Crippen LogP contribution in [-0.2, 0) is 12.8 Å². The Balaban J connectivity index is 2.45. The second kappa shape index (κ2) is 6.00. The van der Waals surface area contributed by atoms with Crippen LogP contribution in [0.2, 0.25) is 0 Å². The van der Waals surface area contributed by atoms with Crippen LogP contribution < -0.4 is 5.32 Å². The summed E-state index contributed by atoms with van der Waals surface area (Å²) in [4.78, 5) is 3.71. The minimum atomic E-state index is -4.30. The molecule has 4 nitrogen and oxygen atoms in total. The van der Waals surface area contributed by atoms with E-state index in [1.165, 1.54) is 0 Å². The number of halogens is 3. The lowest BCUT2D eigenvalue weighted by molar-refractivity contribution is -0.128. The number of alkyl halides is 3. The van der Waals surface area contributed by atoms with E-state index in [-0.39, 0.29) is 17.8 Å². The summed E-state index contributed by atoms with van der Waals surface area (Å²) in [6, 6.07) is 0.106. The SMILES string of the molecule is CCCNC(C)Cc1nc(CC(F)(F)F)no1. The van der Waals surface area contributed by atoms with E-state index in [9.17, 15) is 13.2 Å². The van der Waals surface area contributed by atoms with E-state index in [2.05, 4.69) is 15.5 Å². The van der Waals surface area contributed by atoms with Crippen LogP contribution in [0, 0.1) is 0 Å². The van der Waals surface area contributed by atoms with Gasteiger partial charge in [-0.3, -0.25) is 0 Å². The molecule has 1 N–H and O–H groups in total. The molecule has 0 bridgehead atoms. The van der Waals surface area contributed by atoms with Gasteiger partial charge in [-0.2, -0.15) is 18.2 Å². The maximum absolute atomic E-state index is 12.0. The third-order valence-corrected chi connectivity index (χ3v) is 2.09.